The average molecular weight is 449 g/mol. The maximum atomic E-state index is 12.6. The standard InChI is InChI=1S/C25H24NO5P/c1-18(26-31-19(2)28)25(29)20-8-12-23(13-9-20)32(22-6-4-3-5-7-22)24-14-10-21(11-15-24)30-17-16-27/h3-15,27H,16-17H2,1-2H3. The van der Waals surface area contributed by atoms with Crippen LogP contribution in [0.4, 0.5) is 0 Å². The van der Waals surface area contributed by atoms with Crippen molar-refractivity contribution in [3.8, 4) is 5.75 Å². The van der Waals surface area contributed by atoms with E-state index in [-0.39, 0.29) is 24.7 Å². The van der Waals surface area contributed by atoms with Crippen LogP contribution in [0.5, 0.6) is 5.75 Å². The third-order valence-corrected chi connectivity index (χ3v) is 6.94. The van der Waals surface area contributed by atoms with Gasteiger partial charge in [-0.15, -0.1) is 0 Å². The zero-order chi connectivity index (χ0) is 22.9. The second kappa shape index (κ2) is 11.3. The quantitative estimate of drug-likeness (QED) is 0.179. The van der Waals surface area contributed by atoms with Crippen LogP contribution >= 0.6 is 7.92 Å². The molecule has 0 spiro atoms. The Bertz CT molecular complexity index is 1080. The molecule has 0 radical (unpaired) electrons. The number of benzene rings is 3. The highest BCUT2D eigenvalue weighted by Crippen LogP contribution is 2.33. The number of hydrogen-bond donors (Lipinski definition) is 1. The number of oxime groups is 1. The molecule has 0 aromatic heterocycles. The summed E-state index contributed by atoms with van der Waals surface area (Å²) in [6.07, 6.45) is 0. The van der Waals surface area contributed by atoms with Gasteiger partial charge in [-0.25, -0.2) is 4.79 Å². The average Bonchev–Trinajstić information content (AvgIpc) is 2.83. The number of aliphatic hydroxyl groups is 1. The fourth-order valence-electron chi connectivity index (χ4n) is 3.02. The van der Waals surface area contributed by atoms with E-state index in [0.29, 0.717) is 11.3 Å². The SMILES string of the molecule is CC(=O)ON=C(C)C(=O)c1ccc(P(c2ccccc2)c2ccc(OCCO)cc2)cc1. The molecule has 0 fully saturated rings. The lowest BCUT2D eigenvalue weighted by Gasteiger charge is -2.20. The highest BCUT2D eigenvalue weighted by atomic mass is 31.1. The molecule has 3 aromatic carbocycles. The Morgan fingerprint density at radius 1 is 0.844 bits per heavy atom. The summed E-state index contributed by atoms with van der Waals surface area (Å²) in [4.78, 5) is 28.0. The van der Waals surface area contributed by atoms with Crippen molar-refractivity contribution in [3.63, 3.8) is 0 Å². The minimum atomic E-state index is -0.849. The van der Waals surface area contributed by atoms with E-state index in [1.165, 1.54) is 19.2 Å². The summed E-state index contributed by atoms with van der Waals surface area (Å²) in [5, 5.41) is 15.9. The van der Waals surface area contributed by atoms with Gasteiger partial charge >= 0.3 is 5.97 Å². The molecular weight excluding hydrogens is 425 g/mol. The Balaban J connectivity index is 1.90. The zero-order valence-electron chi connectivity index (χ0n) is 17.9. The first kappa shape index (κ1) is 23.3. The molecule has 0 saturated carbocycles. The van der Waals surface area contributed by atoms with Crippen molar-refractivity contribution < 1.29 is 24.3 Å². The second-order valence-electron chi connectivity index (χ2n) is 6.87. The van der Waals surface area contributed by atoms with E-state index >= 15 is 0 Å². The Morgan fingerprint density at radius 3 is 1.97 bits per heavy atom. The molecule has 3 aromatic rings. The number of ether oxygens (including phenoxy) is 1. The van der Waals surface area contributed by atoms with Gasteiger partial charge in [-0.2, -0.15) is 0 Å². The van der Waals surface area contributed by atoms with Gasteiger partial charge in [0.15, 0.2) is 0 Å². The van der Waals surface area contributed by atoms with Crippen LogP contribution in [0.3, 0.4) is 0 Å². The third-order valence-electron chi connectivity index (χ3n) is 4.50. The lowest BCUT2D eigenvalue weighted by Crippen LogP contribution is -2.21. The first-order valence-electron chi connectivity index (χ1n) is 10.1. The molecule has 0 saturated heterocycles. The minimum absolute atomic E-state index is 0.0331. The van der Waals surface area contributed by atoms with Crippen molar-refractivity contribution in [3.05, 3.63) is 84.4 Å². The summed E-state index contributed by atoms with van der Waals surface area (Å²) < 4.78 is 5.48. The van der Waals surface area contributed by atoms with Crippen LogP contribution in [0.2, 0.25) is 0 Å². The van der Waals surface area contributed by atoms with Gasteiger partial charge in [0.1, 0.15) is 18.1 Å². The van der Waals surface area contributed by atoms with Gasteiger partial charge < -0.3 is 14.7 Å². The molecule has 1 unspecified atom stereocenters. The summed E-state index contributed by atoms with van der Waals surface area (Å²) in [7, 11) is -0.849. The van der Waals surface area contributed by atoms with Gasteiger partial charge in [0.05, 0.1) is 6.61 Å². The second-order valence-corrected chi connectivity index (χ2v) is 9.09. The largest absolute Gasteiger partial charge is 0.491 e. The van der Waals surface area contributed by atoms with Crippen molar-refractivity contribution in [2.75, 3.05) is 13.2 Å². The van der Waals surface area contributed by atoms with Crippen LogP contribution in [-0.2, 0) is 9.63 Å². The third kappa shape index (κ3) is 6.10. The number of carbonyl (C=O) groups is 2. The van der Waals surface area contributed by atoms with Gasteiger partial charge in [0, 0.05) is 12.5 Å². The van der Waals surface area contributed by atoms with E-state index in [1.807, 2.05) is 54.6 Å². The Kier molecular flexibility index (Phi) is 8.26. The molecule has 1 atom stereocenters. The van der Waals surface area contributed by atoms with Gasteiger partial charge in [-0.05, 0) is 42.9 Å². The van der Waals surface area contributed by atoms with Crippen LogP contribution in [0.1, 0.15) is 24.2 Å². The van der Waals surface area contributed by atoms with E-state index in [4.69, 9.17) is 9.84 Å². The van der Waals surface area contributed by atoms with E-state index in [9.17, 15) is 9.59 Å². The molecule has 1 N–H and O–H groups in total. The summed E-state index contributed by atoms with van der Waals surface area (Å²) >= 11 is 0. The molecule has 0 aliphatic carbocycles. The molecule has 0 aliphatic heterocycles. The molecule has 6 nitrogen and oxygen atoms in total. The highest BCUT2D eigenvalue weighted by Gasteiger charge is 2.18. The Labute approximate surface area is 188 Å². The molecular formula is C25H24NO5P. The van der Waals surface area contributed by atoms with Crippen molar-refractivity contribution in [2.45, 2.75) is 13.8 Å². The lowest BCUT2D eigenvalue weighted by atomic mass is 10.1. The van der Waals surface area contributed by atoms with E-state index in [0.717, 1.165) is 10.6 Å². The molecule has 7 heteroatoms. The predicted octanol–water partition coefficient (Wildman–Crippen LogP) is 2.94. The smallest absolute Gasteiger partial charge is 0.331 e. The number of ketones is 1. The number of Topliss-reactive ketones (excluding diaryl/α,β-unsaturated/α-hetero) is 1. The van der Waals surface area contributed by atoms with Gasteiger partial charge in [0.2, 0.25) is 5.78 Å². The van der Waals surface area contributed by atoms with Crippen LogP contribution in [0.15, 0.2) is 84.0 Å². The molecule has 0 amide bonds. The van der Waals surface area contributed by atoms with Gasteiger partial charge in [0.25, 0.3) is 0 Å². The van der Waals surface area contributed by atoms with Crippen molar-refractivity contribution in [1.82, 2.24) is 0 Å². The van der Waals surface area contributed by atoms with E-state index in [2.05, 4.69) is 22.1 Å². The lowest BCUT2D eigenvalue weighted by molar-refractivity contribution is -0.140. The highest BCUT2D eigenvalue weighted by molar-refractivity contribution is 7.79. The first-order chi connectivity index (χ1) is 15.5. The van der Waals surface area contributed by atoms with Crippen molar-refractivity contribution in [1.29, 1.82) is 0 Å². The number of rotatable bonds is 9. The Morgan fingerprint density at radius 2 is 1.41 bits per heavy atom. The number of aliphatic hydroxyl groups excluding tert-OH is 1. The van der Waals surface area contributed by atoms with Crippen molar-refractivity contribution in [2.24, 2.45) is 5.16 Å². The number of hydrogen-bond acceptors (Lipinski definition) is 6. The van der Waals surface area contributed by atoms with Gasteiger partial charge in [-0.3, -0.25) is 4.79 Å². The van der Waals surface area contributed by atoms with Crippen LogP contribution in [-0.4, -0.2) is 35.8 Å². The van der Waals surface area contributed by atoms with E-state index < -0.39 is 13.9 Å². The molecule has 32 heavy (non-hydrogen) atoms. The van der Waals surface area contributed by atoms with Crippen LogP contribution in [0.25, 0.3) is 0 Å². The normalized spacial score (nSPS) is 12.2. The predicted molar refractivity (Wildman–Crippen MR) is 127 cm³/mol. The minimum Gasteiger partial charge on any atom is -0.491 e. The number of carbonyl (C=O) groups excluding carboxylic acids is 2. The molecule has 164 valence electrons. The van der Waals surface area contributed by atoms with Crippen molar-refractivity contribution >= 4 is 41.3 Å². The monoisotopic (exact) mass is 449 g/mol. The topological polar surface area (TPSA) is 85.2 Å². The van der Waals surface area contributed by atoms with Crippen LogP contribution in [0, 0.1) is 0 Å². The molecule has 0 bridgehead atoms. The molecule has 0 aliphatic rings. The summed E-state index contributed by atoms with van der Waals surface area (Å²) in [5.41, 5.74) is 0.578. The first-order valence-corrected chi connectivity index (χ1v) is 11.4. The fourth-order valence-corrected chi connectivity index (χ4v) is 5.28. The summed E-state index contributed by atoms with van der Waals surface area (Å²) in [6.45, 7) is 2.96. The summed E-state index contributed by atoms with van der Waals surface area (Å²) in [6, 6.07) is 25.5. The Hall–Kier alpha value is -3.34. The summed E-state index contributed by atoms with van der Waals surface area (Å²) in [5.74, 6) is -0.171. The zero-order valence-corrected chi connectivity index (χ0v) is 18.8. The van der Waals surface area contributed by atoms with E-state index in [1.54, 1.807) is 12.1 Å². The maximum absolute atomic E-state index is 12.6. The molecule has 3 rings (SSSR count). The fraction of sp³-hybridized carbons (Fsp3) is 0.160. The maximum Gasteiger partial charge on any atom is 0.331 e. The van der Waals surface area contributed by atoms with Gasteiger partial charge in [-0.1, -0.05) is 71.9 Å². The van der Waals surface area contributed by atoms with Crippen LogP contribution < -0.4 is 20.7 Å². The number of nitrogens with zero attached hydrogens (tertiary/aromatic N) is 1. The molecule has 0 heterocycles.